The monoisotopic (exact) mass is 315 g/mol. The highest BCUT2D eigenvalue weighted by Crippen LogP contribution is 2.33. The molecule has 2 amide bonds. The number of rotatable bonds is 5. The Morgan fingerprint density at radius 3 is 3.17 bits per heavy atom. The summed E-state index contributed by atoms with van der Waals surface area (Å²) < 4.78 is 6.98. The van der Waals surface area contributed by atoms with Gasteiger partial charge in [0.25, 0.3) is 0 Å². The predicted octanol–water partition coefficient (Wildman–Crippen LogP) is 1.83. The topological polar surface area (TPSA) is 72.3 Å². The van der Waals surface area contributed by atoms with Crippen LogP contribution in [0.5, 0.6) is 5.75 Å². The highest BCUT2D eigenvalue weighted by molar-refractivity contribution is 5.75. The Morgan fingerprint density at radius 2 is 2.39 bits per heavy atom. The first-order valence-electron chi connectivity index (χ1n) is 7.79. The fourth-order valence-electron chi connectivity index (χ4n) is 2.93. The summed E-state index contributed by atoms with van der Waals surface area (Å²) in [5.74, 6) is 0.820. The van der Waals surface area contributed by atoms with Crippen LogP contribution in [0.2, 0.25) is 0 Å². The summed E-state index contributed by atoms with van der Waals surface area (Å²) in [5.41, 5.74) is 1.12. The van der Waals surface area contributed by atoms with Crippen molar-refractivity contribution in [3.63, 3.8) is 0 Å². The summed E-state index contributed by atoms with van der Waals surface area (Å²) in [5, 5.41) is 6.98. The molecule has 1 atom stereocenters. The van der Waals surface area contributed by atoms with E-state index in [0.717, 1.165) is 30.7 Å². The molecule has 1 saturated heterocycles. The van der Waals surface area contributed by atoms with Gasteiger partial charge in [0.15, 0.2) is 0 Å². The molecular weight excluding hydrogens is 294 g/mol. The zero-order valence-electron chi connectivity index (χ0n) is 13.2. The van der Waals surface area contributed by atoms with Gasteiger partial charge in [0.1, 0.15) is 18.4 Å². The van der Waals surface area contributed by atoms with E-state index in [4.69, 9.17) is 4.74 Å². The average Bonchev–Trinajstić information content (AvgIpc) is 3.26. The molecule has 2 heterocycles. The second-order valence-electron chi connectivity index (χ2n) is 5.52. The molecule has 7 heteroatoms. The quantitative estimate of drug-likeness (QED) is 0.914. The molecule has 0 saturated carbocycles. The first kappa shape index (κ1) is 15.3. The van der Waals surface area contributed by atoms with Crippen LogP contribution in [-0.2, 0) is 6.54 Å². The van der Waals surface area contributed by atoms with Gasteiger partial charge in [-0.3, -0.25) is 4.68 Å². The average molecular weight is 315 g/mol. The lowest BCUT2D eigenvalue weighted by Crippen LogP contribution is -2.40. The Morgan fingerprint density at radius 1 is 1.48 bits per heavy atom. The minimum absolute atomic E-state index is 0.0320. The van der Waals surface area contributed by atoms with Gasteiger partial charge in [-0.2, -0.15) is 5.10 Å². The molecule has 0 spiro atoms. The third-order valence-corrected chi connectivity index (χ3v) is 4.08. The standard InChI is InChI=1S/C16H21N5O2/c1-23-14-5-2-4-13(10-14)15-6-3-8-21(15)16(22)18-7-9-20-12-17-11-19-20/h2,4-5,10-12,15H,3,6-9H2,1H3,(H,18,22)/t15-/m1/s1. The number of aromatic nitrogens is 3. The number of hydrogen-bond acceptors (Lipinski definition) is 4. The number of benzene rings is 1. The Kier molecular flexibility index (Phi) is 4.75. The molecule has 1 fully saturated rings. The largest absolute Gasteiger partial charge is 0.497 e. The highest BCUT2D eigenvalue weighted by atomic mass is 16.5. The van der Waals surface area contributed by atoms with Crippen LogP contribution in [0.25, 0.3) is 0 Å². The second-order valence-corrected chi connectivity index (χ2v) is 5.52. The molecule has 7 nitrogen and oxygen atoms in total. The van der Waals surface area contributed by atoms with Crippen LogP contribution < -0.4 is 10.1 Å². The summed E-state index contributed by atoms with van der Waals surface area (Å²) in [7, 11) is 1.66. The van der Waals surface area contributed by atoms with Crippen molar-refractivity contribution in [2.24, 2.45) is 0 Å². The molecule has 0 aliphatic carbocycles. The summed E-state index contributed by atoms with van der Waals surface area (Å²) in [6.45, 7) is 1.92. The highest BCUT2D eigenvalue weighted by Gasteiger charge is 2.29. The second kappa shape index (κ2) is 7.13. The molecule has 0 bridgehead atoms. The molecule has 3 rings (SSSR count). The molecule has 1 aliphatic rings. The van der Waals surface area contributed by atoms with E-state index in [9.17, 15) is 4.79 Å². The van der Waals surface area contributed by atoms with Crippen molar-refractivity contribution < 1.29 is 9.53 Å². The van der Waals surface area contributed by atoms with E-state index < -0.39 is 0 Å². The normalized spacial score (nSPS) is 17.3. The predicted molar refractivity (Wildman–Crippen MR) is 85.1 cm³/mol. The molecule has 1 aromatic carbocycles. The number of carbonyl (C=O) groups excluding carboxylic acids is 1. The van der Waals surface area contributed by atoms with Crippen molar-refractivity contribution in [3.8, 4) is 5.75 Å². The van der Waals surface area contributed by atoms with Crippen LogP contribution in [-0.4, -0.2) is 45.9 Å². The first-order valence-corrected chi connectivity index (χ1v) is 7.79. The van der Waals surface area contributed by atoms with Gasteiger partial charge in [-0.05, 0) is 30.5 Å². The maximum atomic E-state index is 12.5. The number of ether oxygens (including phenoxy) is 1. The molecular formula is C16H21N5O2. The minimum atomic E-state index is -0.0320. The van der Waals surface area contributed by atoms with E-state index in [1.54, 1.807) is 18.1 Å². The SMILES string of the molecule is COc1cccc([C@H]2CCCN2C(=O)NCCn2cncn2)c1. The van der Waals surface area contributed by atoms with Gasteiger partial charge in [-0.1, -0.05) is 12.1 Å². The molecule has 1 N–H and O–H groups in total. The third-order valence-electron chi connectivity index (χ3n) is 4.08. The minimum Gasteiger partial charge on any atom is -0.497 e. The zero-order valence-corrected chi connectivity index (χ0v) is 13.2. The molecule has 1 aromatic heterocycles. The first-order chi connectivity index (χ1) is 11.3. The van der Waals surface area contributed by atoms with Crippen LogP contribution in [0.15, 0.2) is 36.9 Å². The summed E-state index contributed by atoms with van der Waals surface area (Å²) in [6.07, 6.45) is 5.12. The molecule has 23 heavy (non-hydrogen) atoms. The van der Waals surface area contributed by atoms with Gasteiger partial charge in [-0.25, -0.2) is 9.78 Å². The van der Waals surface area contributed by atoms with Crippen molar-refractivity contribution in [2.45, 2.75) is 25.4 Å². The lowest BCUT2D eigenvalue weighted by molar-refractivity contribution is 0.192. The number of carbonyl (C=O) groups is 1. The number of methoxy groups -OCH3 is 1. The molecule has 0 radical (unpaired) electrons. The zero-order chi connectivity index (χ0) is 16.1. The van der Waals surface area contributed by atoms with Gasteiger partial charge < -0.3 is 15.0 Å². The molecule has 0 unspecified atom stereocenters. The fourth-order valence-corrected chi connectivity index (χ4v) is 2.93. The van der Waals surface area contributed by atoms with Crippen molar-refractivity contribution in [1.82, 2.24) is 25.0 Å². The van der Waals surface area contributed by atoms with Gasteiger partial charge in [0.2, 0.25) is 0 Å². The summed E-state index contributed by atoms with van der Waals surface area (Å²) in [4.78, 5) is 18.2. The van der Waals surface area contributed by atoms with Crippen LogP contribution in [0.4, 0.5) is 4.79 Å². The van der Waals surface area contributed by atoms with Gasteiger partial charge >= 0.3 is 6.03 Å². The number of hydrogen-bond donors (Lipinski definition) is 1. The van der Waals surface area contributed by atoms with Crippen LogP contribution in [0.3, 0.4) is 0 Å². The Hall–Kier alpha value is -2.57. The number of urea groups is 1. The van der Waals surface area contributed by atoms with Crippen molar-refractivity contribution in [1.29, 1.82) is 0 Å². The van der Waals surface area contributed by atoms with Crippen LogP contribution in [0, 0.1) is 0 Å². The maximum absolute atomic E-state index is 12.5. The van der Waals surface area contributed by atoms with Crippen LogP contribution in [0.1, 0.15) is 24.4 Å². The summed E-state index contributed by atoms with van der Waals surface area (Å²) >= 11 is 0. The lowest BCUT2D eigenvalue weighted by atomic mass is 10.0. The molecule has 2 aromatic rings. The molecule has 122 valence electrons. The van der Waals surface area contributed by atoms with E-state index in [-0.39, 0.29) is 12.1 Å². The van der Waals surface area contributed by atoms with Crippen molar-refractivity contribution >= 4 is 6.03 Å². The van der Waals surface area contributed by atoms with Crippen LogP contribution >= 0.6 is 0 Å². The van der Waals surface area contributed by atoms with E-state index >= 15 is 0 Å². The smallest absolute Gasteiger partial charge is 0.317 e. The van der Waals surface area contributed by atoms with Crippen molar-refractivity contribution in [2.75, 3.05) is 20.2 Å². The van der Waals surface area contributed by atoms with E-state index in [1.807, 2.05) is 29.2 Å². The lowest BCUT2D eigenvalue weighted by Gasteiger charge is -2.25. The number of amides is 2. The molecule has 1 aliphatic heterocycles. The van der Waals surface area contributed by atoms with E-state index in [1.165, 1.54) is 6.33 Å². The third kappa shape index (κ3) is 3.61. The van der Waals surface area contributed by atoms with Crippen molar-refractivity contribution in [3.05, 3.63) is 42.5 Å². The number of nitrogens with zero attached hydrogens (tertiary/aromatic N) is 4. The number of nitrogens with one attached hydrogen (secondary N) is 1. The van der Waals surface area contributed by atoms with Gasteiger partial charge in [0, 0.05) is 13.1 Å². The van der Waals surface area contributed by atoms with Gasteiger partial charge in [0.05, 0.1) is 19.7 Å². The maximum Gasteiger partial charge on any atom is 0.317 e. The number of likely N-dealkylation sites (tertiary alicyclic amines) is 1. The van der Waals surface area contributed by atoms with E-state index in [2.05, 4.69) is 15.4 Å². The van der Waals surface area contributed by atoms with Gasteiger partial charge in [-0.15, -0.1) is 0 Å². The fraction of sp³-hybridized carbons (Fsp3) is 0.438. The van der Waals surface area contributed by atoms with E-state index in [0.29, 0.717) is 13.1 Å². The Bertz CT molecular complexity index is 644. The summed E-state index contributed by atoms with van der Waals surface area (Å²) in [6, 6.07) is 8.01. The Labute approximate surface area is 135 Å². The Balaban J connectivity index is 1.60.